The molecule has 4 nitrogen and oxygen atoms in total. The summed E-state index contributed by atoms with van der Waals surface area (Å²) in [6.45, 7) is 1.91. The summed E-state index contributed by atoms with van der Waals surface area (Å²) < 4.78 is 6.18. The number of aryl methyl sites for hydroxylation is 1. The molecule has 1 aromatic carbocycles. The van der Waals surface area contributed by atoms with E-state index >= 15 is 0 Å². The van der Waals surface area contributed by atoms with Crippen molar-refractivity contribution in [3.63, 3.8) is 0 Å². The highest BCUT2D eigenvalue weighted by molar-refractivity contribution is 9.10. The van der Waals surface area contributed by atoms with Crippen LogP contribution in [0.15, 0.2) is 16.6 Å². The zero-order valence-electron chi connectivity index (χ0n) is 11.9. The van der Waals surface area contributed by atoms with E-state index in [0.717, 1.165) is 22.9 Å². The molecule has 4 rings (SSSR count). The Morgan fingerprint density at radius 1 is 1.41 bits per heavy atom. The molecule has 3 fully saturated rings. The number of ether oxygens (including phenoxy) is 1. The first-order valence-corrected chi connectivity index (χ1v) is 8.60. The third-order valence-corrected chi connectivity index (χ3v) is 6.51. The molecule has 3 aliphatic rings. The molecule has 1 N–H and O–H groups in total. The van der Waals surface area contributed by atoms with Gasteiger partial charge in [-0.15, -0.1) is 0 Å². The predicted molar refractivity (Wildman–Crippen MR) is 85.6 cm³/mol. The molecule has 2 bridgehead atoms. The second-order valence-electron chi connectivity index (χ2n) is 6.49. The van der Waals surface area contributed by atoms with Gasteiger partial charge in [-0.2, -0.15) is 0 Å². The molecule has 5 atom stereocenters. The molecule has 0 radical (unpaired) electrons. The molecule has 1 saturated heterocycles. The van der Waals surface area contributed by atoms with Gasteiger partial charge in [-0.05, 0) is 59.3 Å². The van der Waals surface area contributed by atoms with Crippen LogP contribution in [0.1, 0.15) is 18.4 Å². The lowest BCUT2D eigenvalue weighted by molar-refractivity contribution is -0.145. The zero-order chi connectivity index (χ0) is 15.6. The van der Waals surface area contributed by atoms with E-state index in [1.54, 1.807) is 6.07 Å². The Hall–Kier alpha value is -1.07. The minimum absolute atomic E-state index is 0.0513. The maximum absolute atomic E-state index is 12.7. The first-order valence-electron chi connectivity index (χ1n) is 7.42. The van der Waals surface area contributed by atoms with Crippen LogP contribution in [0.3, 0.4) is 0 Å². The SMILES string of the molecule is Cc1cc(Br)c(Cl)cc1NC(=O)[C@@H]1[C@@H]2C[C@@H]3[C@H]1C(=O)O[C@@H]3C2. The Balaban J connectivity index is 1.59. The smallest absolute Gasteiger partial charge is 0.310 e. The van der Waals surface area contributed by atoms with Crippen LogP contribution in [0, 0.1) is 30.6 Å². The standard InChI is InChI=1S/C16H15BrClNO3/c1-6-2-9(17)10(18)5-11(6)19-15(20)13-7-3-8-12(4-7)22-16(21)14(8)13/h2,5,7-8,12-14H,3-4H2,1H3,(H,19,20)/t7-,8+,12-,13-,14-/m1/s1. The fourth-order valence-corrected chi connectivity index (χ4v) is 4.98. The Morgan fingerprint density at radius 2 is 2.18 bits per heavy atom. The van der Waals surface area contributed by atoms with Crippen LogP contribution in [-0.2, 0) is 14.3 Å². The molecule has 1 heterocycles. The van der Waals surface area contributed by atoms with Crippen molar-refractivity contribution in [2.24, 2.45) is 23.7 Å². The van der Waals surface area contributed by atoms with Crippen molar-refractivity contribution in [1.82, 2.24) is 0 Å². The van der Waals surface area contributed by atoms with Crippen LogP contribution in [0.4, 0.5) is 5.69 Å². The minimum atomic E-state index is -0.266. The van der Waals surface area contributed by atoms with E-state index < -0.39 is 0 Å². The van der Waals surface area contributed by atoms with E-state index in [9.17, 15) is 9.59 Å². The van der Waals surface area contributed by atoms with Crippen LogP contribution >= 0.6 is 27.5 Å². The highest BCUT2D eigenvalue weighted by atomic mass is 79.9. The Labute approximate surface area is 141 Å². The average Bonchev–Trinajstić information content (AvgIpc) is 3.05. The predicted octanol–water partition coefficient (Wildman–Crippen LogP) is 3.55. The summed E-state index contributed by atoms with van der Waals surface area (Å²) in [4.78, 5) is 24.7. The highest BCUT2D eigenvalue weighted by Crippen LogP contribution is 2.57. The zero-order valence-corrected chi connectivity index (χ0v) is 14.3. The quantitative estimate of drug-likeness (QED) is 0.793. The molecular formula is C16H15BrClNO3. The van der Waals surface area contributed by atoms with E-state index in [4.69, 9.17) is 16.3 Å². The first kappa shape index (κ1) is 14.5. The van der Waals surface area contributed by atoms with E-state index in [2.05, 4.69) is 21.2 Å². The van der Waals surface area contributed by atoms with Crippen LogP contribution in [0.2, 0.25) is 5.02 Å². The van der Waals surface area contributed by atoms with Crippen LogP contribution in [-0.4, -0.2) is 18.0 Å². The lowest BCUT2D eigenvalue weighted by atomic mass is 9.79. The van der Waals surface area contributed by atoms with Gasteiger partial charge in [0, 0.05) is 16.1 Å². The van der Waals surface area contributed by atoms with Gasteiger partial charge < -0.3 is 10.1 Å². The van der Waals surface area contributed by atoms with Crippen molar-refractivity contribution < 1.29 is 14.3 Å². The van der Waals surface area contributed by atoms with E-state index in [1.807, 2.05) is 13.0 Å². The number of carbonyl (C=O) groups excluding carboxylic acids is 2. The third-order valence-electron chi connectivity index (χ3n) is 5.31. The van der Waals surface area contributed by atoms with Crippen molar-refractivity contribution in [2.45, 2.75) is 25.9 Å². The molecule has 0 aromatic heterocycles. The normalized spacial score (nSPS) is 34.9. The third kappa shape index (κ3) is 2.02. The first-order chi connectivity index (χ1) is 10.5. The Morgan fingerprint density at radius 3 is 2.95 bits per heavy atom. The highest BCUT2D eigenvalue weighted by Gasteiger charge is 2.63. The monoisotopic (exact) mass is 383 g/mol. The molecule has 22 heavy (non-hydrogen) atoms. The number of fused-ring (bicyclic) bond motifs is 1. The van der Waals surface area contributed by atoms with Gasteiger partial charge in [-0.1, -0.05) is 11.6 Å². The van der Waals surface area contributed by atoms with Crippen LogP contribution in [0.25, 0.3) is 0 Å². The van der Waals surface area contributed by atoms with Crippen molar-refractivity contribution in [2.75, 3.05) is 5.32 Å². The second-order valence-corrected chi connectivity index (χ2v) is 7.75. The van der Waals surface area contributed by atoms with Crippen LogP contribution in [0.5, 0.6) is 0 Å². The molecule has 0 unspecified atom stereocenters. The van der Waals surface area contributed by atoms with Crippen molar-refractivity contribution >= 4 is 45.1 Å². The second kappa shape index (κ2) is 4.96. The number of esters is 1. The summed E-state index contributed by atoms with van der Waals surface area (Å²) in [6.07, 6.45) is 1.81. The molecule has 1 aliphatic heterocycles. The number of carbonyl (C=O) groups is 2. The Kier molecular flexibility index (Phi) is 3.28. The molecular weight excluding hydrogens is 370 g/mol. The number of hydrogen-bond donors (Lipinski definition) is 1. The van der Waals surface area contributed by atoms with Gasteiger partial charge in [0.1, 0.15) is 6.10 Å². The number of halogens is 2. The van der Waals surface area contributed by atoms with E-state index in [1.165, 1.54) is 0 Å². The number of amides is 1. The van der Waals surface area contributed by atoms with Gasteiger partial charge in [0.05, 0.1) is 16.9 Å². The van der Waals surface area contributed by atoms with Gasteiger partial charge in [0.15, 0.2) is 0 Å². The number of anilines is 1. The van der Waals surface area contributed by atoms with Gasteiger partial charge >= 0.3 is 5.97 Å². The molecule has 0 spiro atoms. The summed E-state index contributed by atoms with van der Waals surface area (Å²) in [5.74, 6) is -0.300. The summed E-state index contributed by atoms with van der Waals surface area (Å²) in [5.41, 5.74) is 1.63. The van der Waals surface area contributed by atoms with Crippen LogP contribution < -0.4 is 5.32 Å². The van der Waals surface area contributed by atoms with Crippen molar-refractivity contribution in [3.05, 3.63) is 27.2 Å². The summed E-state index contributed by atoms with van der Waals surface area (Å²) in [5, 5.41) is 3.51. The maximum Gasteiger partial charge on any atom is 0.310 e. The lowest BCUT2D eigenvalue weighted by Gasteiger charge is -2.24. The molecule has 116 valence electrons. The fourth-order valence-electron chi connectivity index (χ4n) is 4.36. The molecule has 6 heteroatoms. The molecule has 1 aromatic rings. The van der Waals surface area contributed by atoms with Gasteiger partial charge in [0.2, 0.25) is 5.91 Å². The van der Waals surface area contributed by atoms with Crippen molar-refractivity contribution in [1.29, 1.82) is 0 Å². The van der Waals surface area contributed by atoms with Crippen molar-refractivity contribution in [3.8, 4) is 0 Å². The molecule has 2 aliphatic carbocycles. The summed E-state index contributed by atoms with van der Waals surface area (Å²) in [7, 11) is 0. The topological polar surface area (TPSA) is 55.4 Å². The minimum Gasteiger partial charge on any atom is -0.462 e. The Bertz CT molecular complexity index is 690. The van der Waals surface area contributed by atoms with Gasteiger partial charge in [-0.3, -0.25) is 9.59 Å². The summed E-state index contributed by atoms with van der Waals surface area (Å²) in [6, 6.07) is 3.61. The number of rotatable bonds is 2. The number of benzene rings is 1. The lowest BCUT2D eigenvalue weighted by Crippen LogP contribution is -2.36. The fraction of sp³-hybridized carbons (Fsp3) is 0.500. The molecule has 2 saturated carbocycles. The average molecular weight is 385 g/mol. The number of hydrogen-bond acceptors (Lipinski definition) is 3. The summed E-state index contributed by atoms with van der Waals surface area (Å²) >= 11 is 9.47. The van der Waals surface area contributed by atoms with E-state index in [0.29, 0.717) is 10.7 Å². The van der Waals surface area contributed by atoms with E-state index in [-0.39, 0.29) is 41.7 Å². The molecule has 1 amide bonds. The van der Waals surface area contributed by atoms with Gasteiger partial charge in [0.25, 0.3) is 0 Å². The number of nitrogens with one attached hydrogen (secondary N) is 1. The maximum atomic E-state index is 12.7. The van der Waals surface area contributed by atoms with Gasteiger partial charge in [-0.25, -0.2) is 0 Å². The largest absolute Gasteiger partial charge is 0.462 e.